The summed E-state index contributed by atoms with van der Waals surface area (Å²) in [5.74, 6) is -0.583. The first-order valence-corrected chi connectivity index (χ1v) is 8.09. The lowest BCUT2D eigenvalue weighted by atomic mass is 10.2. The van der Waals surface area contributed by atoms with Crippen molar-refractivity contribution < 1.29 is 18.0 Å². The van der Waals surface area contributed by atoms with Gasteiger partial charge < -0.3 is 10.2 Å². The van der Waals surface area contributed by atoms with Gasteiger partial charge in [-0.15, -0.1) is 6.58 Å². The SMILES string of the molecule is C=CCNC(=O)CC(=O)N(CC)C1CCS(=O)(=O)C1. The summed E-state index contributed by atoms with van der Waals surface area (Å²) in [6.07, 6.45) is 1.73. The highest BCUT2D eigenvalue weighted by Crippen LogP contribution is 2.18. The van der Waals surface area contributed by atoms with E-state index in [9.17, 15) is 18.0 Å². The average molecular weight is 288 g/mol. The molecule has 108 valence electrons. The molecule has 1 atom stereocenters. The molecule has 0 aromatic heterocycles. The Labute approximate surface area is 113 Å². The summed E-state index contributed by atoms with van der Waals surface area (Å²) >= 11 is 0. The van der Waals surface area contributed by atoms with Gasteiger partial charge in [0.05, 0.1) is 11.5 Å². The van der Waals surface area contributed by atoms with Crippen molar-refractivity contribution in [3.05, 3.63) is 12.7 Å². The topological polar surface area (TPSA) is 83.6 Å². The lowest BCUT2D eigenvalue weighted by Gasteiger charge is -2.26. The maximum absolute atomic E-state index is 12.0. The van der Waals surface area contributed by atoms with Crippen molar-refractivity contribution in [2.24, 2.45) is 0 Å². The van der Waals surface area contributed by atoms with Crippen LogP contribution >= 0.6 is 0 Å². The predicted molar refractivity (Wildman–Crippen MR) is 72.3 cm³/mol. The Kier molecular flexibility index (Phi) is 5.53. The molecule has 1 rings (SSSR count). The minimum atomic E-state index is -3.03. The molecule has 0 saturated carbocycles. The molecule has 1 fully saturated rings. The Bertz CT molecular complexity index is 458. The lowest BCUT2D eigenvalue weighted by molar-refractivity contribution is -0.137. The molecule has 0 bridgehead atoms. The molecule has 6 nitrogen and oxygen atoms in total. The van der Waals surface area contributed by atoms with E-state index in [2.05, 4.69) is 11.9 Å². The Morgan fingerprint density at radius 2 is 2.16 bits per heavy atom. The van der Waals surface area contributed by atoms with Crippen LogP contribution in [-0.2, 0) is 19.4 Å². The molecule has 7 heteroatoms. The normalized spacial score (nSPS) is 20.8. The van der Waals surface area contributed by atoms with E-state index in [0.717, 1.165) is 0 Å². The van der Waals surface area contributed by atoms with Crippen LogP contribution in [0, 0.1) is 0 Å². The largest absolute Gasteiger partial charge is 0.352 e. The zero-order valence-electron chi connectivity index (χ0n) is 11.1. The summed E-state index contributed by atoms with van der Waals surface area (Å²) in [6, 6.07) is -0.297. The van der Waals surface area contributed by atoms with Crippen LogP contribution in [0.15, 0.2) is 12.7 Å². The fourth-order valence-corrected chi connectivity index (χ4v) is 3.88. The van der Waals surface area contributed by atoms with Crippen molar-refractivity contribution in [2.45, 2.75) is 25.8 Å². The maximum atomic E-state index is 12.0. The van der Waals surface area contributed by atoms with Gasteiger partial charge in [-0.3, -0.25) is 9.59 Å². The number of nitrogens with zero attached hydrogens (tertiary/aromatic N) is 1. The first kappa shape index (κ1) is 15.7. The van der Waals surface area contributed by atoms with Crippen molar-refractivity contribution in [1.82, 2.24) is 10.2 Å². The highest BCUT2D eigenvalue weighted by molar-refractivity contribution is 7.91. The number of rotatable bonds is 6. The predicted octanol–water partition coefficient (Wildman–Crippen LogP) is -0.286. The molecule has 19 heavy (non-hydrogen) atoms. The standard InChI is InChI=1S/C12H20N2O4S/c1-3-6-13-11(15)8-12(16)14(4-2)10-5-7-19(17,18)9-10/h3,10H,1,4-9H2,2H3,(H,13,15). The number of hydrogen-bond acceptors (Lipinski definition) is 4. The molecule has 2 amide bonds. The quantitative estimate of drug-likeness (QED) is 0.538. The summed E-state index contributed by atoms with van der Waals surface area (Å²) in [7, 11) is -3.03. The van der Waals surface area contributed by atoms with Crippen molar-refractivity contribution >= 4 is 21.7 Å². The van der Waals surface area contributed by atoms with Gasteiger partial charge in [0, 0.05) is 19.1 Å². The van der Waals surface area contributed by atoms with E-state index in [-0.39, 0.29) is 35.8 Å². The van der Waals surface area contributed by atoms with Crippen LogP contribution in [0.2, 0.25) is 0 Å². The van der Waals surface area contributed by atoms with Crippen molar-refractivity contribution in [2.75, 3.05) is 24.6 Å². The molecule has 1 heterocycles. The molecular weight excluding hydrogens is 268 g/mol. The number of carbonyl (C=O) groups is 2. The molecular formula is C12H20N2O4S. The van der Waals surface area contributed by atoms with E-state index in [0.29, 0.717) is 19.5 Å². The van der Waals surface area contributed by atoms with Gasteiger partial charge in [0.1, 0.15) is 6.42 Å². The monoisotopic (exact) mass is 288 g/mol. The first-order valence-electron chi connectivity index (χ1n) is 6.27. The summed E-state index contributed by atoms with van der Waals surface area (Å²) < 4.78 is 22.8. The molecule has 0 aromatic carbocycles. The Hall–Kier alpha value is -1.37. The summed E-state index contributed by atoms with van der Waals surface area (Å²) in [6.45, 7) is 5.97. The fourth-order valence-electron chi connectivity index (χ4n) is 2.15. The van der Waals surface area contributed by atoms with Crippen LogP contribution < -0.4 is 5.32 Å². The zero-order valence-corrected chi connectivity index (χ0v) is 11.9. The van der Waals surface area contributed by atoms with Gasteiger partial charge in [-0.25, -0.2) is 8.42 Å². The van der Waals surface area contributed by atoms with Gasteiger partial charge in [-0.1, -0.05) is 6.08 Å². The highest BCUT2D eigenvalue weighted by atomic mass is 32.2. The van der Waals surface area contributed by atoms with Crippen molar-refractivity contribution in [3.8, 4) is 0 Å². The van der Waals surface area contributed by atoms with E-state index in [1.807, 2.05) is 0 Å². The Morgan fingerprint density at radius 3 is 2.63 bits per heavy atom. The third-order valence-electron chi connectivity index (χ3n) is 3.07. The molecule has 1 aliphatic heterocycles. The second-order valence-corrected chi connectivity index (χ2v) is 6.73. The molecule has 0 radical (unpaired) electrons. The maximum Gasteiger partial charge on any atom is 0.232 e. The van der Waals surface area contributed by atoms with Gasteiger partial charge in [-0.2, -0.15) is 0 Å². The molecule has 1 N–H and O–H groups in total. The van der Waals surface area contributed by atoms with Gasteiger partial charge in [0.15, 0.2) is 9.84 Å². The Balaban J connectivity index is 2.57. The number of sulfone groups is 1. The zero-order chi connectivity index (χ0) is 14.5. The van der Waals surface area contributed by atoms with Crippen LogP contribution in [0.5, 0.6) is 0 Å². The summed E-state index contributed by atoms with van der Waals surface area (Å²) in [5, 5.41) is 2.53. The second-order valence-electron chi connectivity index (χ2n) is 4.51. The third-order valence-corrected chi connectivity index (χ3v) is 4.82. The van der Waals surface area contributed by atoms with E-state index in [1.165, 1.54) is 11.0 Å². The lowest BCUT2D eigenvalue weighted by Crippen LogP contribution is -2.43. The Morgan fingerprint density at radius 1 is 1.47 bits per heavy atom. The van der Waals surface area contributed by atoms with Crippen LogP contribution in [0.3, 0.4) is 0 Å². The molecule has 1 unspecified atom stereocenters. The minimum Gasteiger partial charge on any atom is -0.352 e. The number of carbonyl (C=O) groups excluding carboxylic acids is 2. The number of hydrogen-bond donors (Lipinski definition) is 1. The highest BCUT2D eigenvalue weighted by Gasteiger charge is 2.34. The molecule has 0 aliphatic carbocycles. The first-order chi connectivity index (χ1) is 8.89. The van der Waals surface area contributed by atoms with Crippen LogP contribution in [0.4, 0.5) is 0 Å². The average Bonchev–Trinajstić information content (AvgIpc) is 2.67. The second kappa shape index (κ2) is 6.70. The molecule has 1 saturated heterocycles. The van der Waals surface area contributed by atoms with Crippen molar-refractivity contribution in [1.29, 1.82) is 0 Å². The van der Waals surface area contributed by atoms with E-state index >= 15 is 0 Å². The smallest absolute Gasteiger partial charge is 0.232 e. The van der Waals surface area contributed by atoms with Crippen LogP contribution in [0.25, 0.3) is 0 Å². The van der Waals surface area contributed by atoms with Gasteiger partial charge in [-0.05, 0) is 13.3 Å². The third kappa shape index (κ3) is 4.66. The minimum absolute atomic E-state index is 0.000850. The number of nitrogens with one attached hydrogen (secondary N) is 1. The fraction of sp³-hybridized carbons (Fsp3) is 0.667. The van der Waals surface area contributed by atoms with Gasteiger partial charge in [0.25, 0.3) is 0 Å². The van der Waals surface area contributed by atoms with E-state index in [4.69, 9.17) is 0 Å². The number of amides is 2. The van der Waals surface area contributed by atoms with Crippen LogP contribution in [-0.4, -0.2) is 55.8 Å². The van der Waals surface area contributed by atoms with Gasteiger partial charge >= 0.3 is 0 Å². The summed E-state index contributed by atoms with van der Waals surface area (Å²) in [5.41, 5.74) is 0. The van der Waals surface area contributed by atoms with E-state index < -0.39 is 9.84 Å². The summed E-state index contributed by atoms with van der Waals surface area (Å²) in [4.78, 5) is 24.9. The molecule has 1 aliphatic rings. The molecule has 0 spiro atoms. The van der Waals surface area contributed by atoms with Gasteiger partial charge in [0.2, 0.25) is 11.8 Å². The van der Waals surface area contributed by atoms with Crippen LogP contribution in [0.1, 0.15) is 19.8 Å². The molecule has 0 aromatic rings. The van der Waals surface area contributed by atoms with E-state index in [1.54, 1.807) is 6.92 Å². The van der Waals surface area contributed by atoms with Crippen molar-refractivity contribution in [3.63, 3.8) is 0 Å².